The maximum Gasteiger partial charge on any atom is 0.118 e. The Kier molecular flexibility index (Phi) is 3.27. The molecular weight excluding hydrogens is 186 g/mol. The Morgan fingerprint density at radius 3 is 2.60 bits per heavy atom. The molecule has 1 atom stereocenters. The fourth-order valence-corrected chi connectivity index (χ4v) is 2.31. The minimum Gasteiger partial charge on any atom is -0.508 e. The molecule has 0 spiro atoms. The lowest BCUT2D eigenvalue weighted by atomic mass is 10.1. The van der Waals surface area contributed by atoms with E-state index in [1.54, 1.807) is 6.07 Å². The predicted octanol–water partition coefficient (Wildman–Crippen LogP) is 2.42. The summed E-state index contributed by atoms with van der Waals surface area (Å²) in [7, 11) is 0. The number of para-hydroxylation sites is 1. The van der Waals surface area contributed by atoms with E-state index >= 15 is 0 Å². The molecule has 1 fully saturated rings. The molecule has 2 nitrogen and oxygen atoms in total. The highest BCUT2D eigenvalue weighted by molar-refractivity contribution is 5.32. The van der Waals surface area contributed by atoms with E-state index < -0.39 is 0 Å². The summed E-state index contributed by atoms with van der Waals surface area (Å²) in [5.74, 6) is 0.434. The first-order valence-electron chi connectivity index (χ1n) is 5.78. The smallest absolute Gasteiger partial charge is 0.118 e. The lowest BCUT2D eigenvalue weighted by Crippen LogP contribution is -2.31. The highest BCUT2D eigenvalue weighted by atomic mass is 16.3. The number of likely N-dealkylation sites (tertiary alicyclic amines) is 1. The average molecular weight is 205 g/mol. The summed E-state index contributed by atoms with van der Waals surface area (Å²) in [6.07, 6.45) is 3.60. The van der Waals surface area contributed by atoms with Crippen LogP contribution in [0.5, 0.6) is 5.75 Å². The topological polar surface area (TPSA) is 23.5 Å². The maximum absolute atomic E-state index is 9.68. The van der Waals surface area contributed by atoms with Gasteiger partial charge in [-0.3, -0.25) is 0 Å². The summed E-state index contributed by atoms with van der Waals surface area (Å²) >= 11 is 0. The van der Waals surface area contributed by atoms with Crippen LogP contribution in [0.4, 0.5) is 0 Å². The van der Waals surface area contributed by atoms with Crippen LogP contribution in [0.2, 0.25) is 0 Å². The molecule has 0 amide bonds. The Labute approximate surface area is 91.5 Å². The fourth-order valence-electron chi connectivity index (χ4n) is 2.31. The van der Waals surface area contributed by atoms with Crippen LogP contribution < -0.4 is 0 Å². The van der Waals surface area contributed by atoms with Gasteiger partial charge < -0.3 is 10.0 Å². The molecule has 2 rings (SSSR count). The highest BCUT2D eigenvalue weighted by Crippen LogP contribution is 2.21. The van der Waals surface area contributed by atoms with Crippen molar-refractivity contribution in [3.8, 4) is 5.75 Å². The maximum atomic E-state index is 9.68. The first-order chi connectivity index (χ1) is 7.27. The molecule has 1 heterocycles. The third-order valence-corrected chi connectivity index (χ3v) is 3.27. The summed E-state index contributed by atoms with van der Waals surface area (Å²) in [5, 5.41) is 9.68. The van der Waals surface area contributed by atoms with Crippen molar-refractivity contribution in [2.75, 3.05) is 13.1 Å². The minimum absolute atomic E-state index is 0.434. The highest BCUT2D eigenvalue weighted by Gasteiger charge is 2.18. The third-order valence-electron chi connectivity index (χ3n) is 3.27. The number of hydrogen-bond donors (Lipinski definition) is 1. The van der Waals surface area contributed by atoms with E-state index in [-0.39, 0.29) is 0 Å². The molecule has 0 aliphatic carbocycles. The Morgan fingerprint density at radius 2 is 1.93 bits per heavy atom. The van der Waals surface area contributed by atoms with E-state index in [0.717, 1.165) is 12.0 Å². The van der Waals surface area contributed by atoms with Gasteiger partial charge in [0.2, 0.25) is 0 Å². The Bertz CT molecular complexity index is 318. The first kappa shape index (κ1) is 10.5. The molecule has 1 aliphatic heterocycles. The second-order valence-electron chi connectivity index (χ2n) is 4.42. The van der Waals surface area contributed by atoms with Crippen LogP contribution in [-0.4, -0.2) is 29.1 Å². The Balaban J connectivity index is 1.99. The van der Waals surface area contributed by atoms with Crippen molar-refractivity contribution in [2.45, 2.75) is 32.2 Å². The SMILES string of the molecule is CC(Cc1ccccc1O)N1CCCC1. The minimum atomic E-state index is 0.434. The lowest BCUT2D eigenvalue weighted by Gasteiger charge is -2.23. The van der Waals surface area contributed by atoms with Gasteiger partial charge in [-0.15, -0.1) is 0 Å². The molecule has 0 saturated carbocycles. The number of aromatic hydroxyl groups is 1. The van der Waals surface area contributed by atoms with E-state index in [2.05, 4.69) is 11.8 Å². The number of nitrogens with zero attached hydrogens (tertiary/aromatic N) is 1. The van der Waals surface area contributed by atoms with E-state index in [9.17, 15) is 5.11 Å². The molecule has 2 heteroatoms. The van der Waals surface area contributed by atoms with Crippen molar-refractivity contribution in [3.63, 3.8) is 0 Å². The number of benzene rings is 1. The van der Waals surface area contributed by atoms with Crippen LogP contribution in [0, 0.1) is 0 Å². The van der Waals surface area contributed by atoms with E-state index in [0.29, 0.717) is 11.8 Å². The molecule has 1 N–H and O–H groups in total. The van der Waals surface area contributed by atoms with E-state index in [4.69, 9.17) is 0 Å². The summed E-state index contributed by atoms with van der Waals surface area (Å²) in [5.41, 5.74) is 1.07. The Morgan fingerprint density at radius 1 is 1.27 bits per heavy atom. The van der Waals surface area contributed by atoms with Crippen molar-refractivity contribution >= 4 is 0 Å². The zero-order valence-electron chi connectivity index (χ0n) is 9.32. The Hall–Kier alpha value is -1.02. The standard InChI is InChI=1S/C13H19NO/c1-11(14-8-4-5-9-14)10-12-6-2-3-7-13(12)15/h2-3,6-7,11,15H,4-5,8-10H2,1H3. The quantitative estimate of drug-likeness (QED) is 0.819. The van der Waals surface area contributed by atoms with Gasteiger partial charge in [0.1, 0.15) is 5.75 Å². The van der Waals surface area contributed by atoms with Crippen LogP contribution in [-0.2, 0) is 6.42 Å². The van der Waals surface area contributed by atoms with Crippen LogP contribution in [0.25, 0.3) is 0 Å². The zero-order chi connectivity index (χ0) is 10.7. The molecule has 15 heavy (non-hydrogen) atoms. The number of rotatable bonds is 3. The molecular formula is C13H19NO. The number of phenolic OH excluding ortho intramolecular Hbond substituents is 1. The van der Waals surface area contributed by atoms with Crippen molar-refractivity contribution in [3.05, 3.63) is 29.8 Å². The molecule has 1 aromatic rings. The zero-order valence-corrected chi connectivity index (χ0v) is 9.32. The monoisotopic (exact) mass is 205 g/mol. The van der Waals surface area contributed by atoms with Gasteiger partial charge >= 0.3 is 0 Å². The lowest BCUT2D eigenvalue weighted by molar-refractivity contribution is 0.256. The van der Waals surface area contributed by atoms with Gasteiger partial charge in [0, 0.05) is 6.04 Å². The van der Waals surface area contributed by atoms with E-state index in [1.807, 2.05) is 18.2 Å². The largest absolute Gasteiger partial charge is 0.508 e. The van der Waals surface area contributed by atoms with Crippen LogP contribution in [0.15, 0.2) is 24.3 Å². The second kappa shape index (κ2) is 4.67. The molecule has 1 unspecified atom stereocenters. The van der Waals surface area contributed by atoms with Gasteiger partial charge in [0.05, 0.1) is 0 Å². The van der Waals surface area contributed by atoms with Gasteiger partial charge in [0.25, 0.3) is 0 Å². The summed E-state index contributed by atoms with van der Waals surface area (Å²) in [6, 6.07) is 8.19. The van der Waals surface area contributed by atoms with Gasteiger partial charge in [-0.25, -0.2) is 0 Å². The average Bonchev–Trinajstić information content (AvgIpc) is 2.74. The number of hydrogen-bond acceptors (Lipinski definition) is 2. The third kappa shape index (κ3) is 2.51. The molecule has 1 aliphatic rings. The summed E-state index contributed by atoms with van der Waals surface area (Å²) < 4.78 is 0. The molecule has 1 saturated heterocycles. The number of phenols is 1. The normalized spacial score (nSPS) is 19.3. The molecule has 0 bridgehead atoms. The van der Waals surface area contributed by atoms with Crippen molar-refractivity contribution in [2.24, 2.45) is 0 Å². The van der Waals surface area contributed by atoms with Crippen LogP contribution in [0.1, 0.15) is 25.3 Å². The second-order valence-corrected chi connectivity index (χ2v) is 4.42. The molecule has 82 valence electrons. The van der Waals surface area contributed by atoms with Crippen LogP contribution in [0.3, 0.4) is 0 Å². The molecule has 0 radical (unpaired) electrons. The predicted molar refractivity (Wildman–Crippen MR) is 62.1 cm³/mol. The first-order valence-corrected chi connectivity index (χ1v) is 5.78. The fraction of sp³-hybridized carbons (Fsp3) is 0.538. The molecule has 1 aromatic carbocycles. The summed E-state index contributed by atoms with van der Waals surface area (Å²) in [6.45, 7) is 4.68. The van der Waals surface area contributed by atoms with E-state index in [1.165, 1.54) is 25.9 Å². The van der Waals surface area contributed by atoms with Gasteiger partial charge in [-0.1, -0.05) is 18.2 Å². The van der Waals surface area contributed by atoms with Gasteiger partial charge in [-0.05, 0) is 50.9 Å². The van der Waals surface area contributed by atoms with Crippen molar-refractivity contribution < 1.29 is 5.11 Å². The van der Waals surface area contributed by atoms with Gasteiger partial charge in [-0.2, -0.15) is 0 Å². The van der Waals surface area contributed by atoms with Gasteiger partial charge in [0.15, 0.2) is 0 Å². The van der Waals surface area contributed by atoms with Crippen LogP contribution >= 0.6 is 0 Å². The van der Waals surface area contributed by atoms with Crippen molar-refractivity contribution in [1.29, 1.82) is 0 Å². The van der Waals surface area contributed by atoms with Crippen molar-refractivity contribution in [1.82, 2.24) is 4.90 Å². The molecule has 0 aromatic heterocycles. The summed E-state index contributed by atoms with van der Waals surface area (Å²) in [4.78, 5) is 2.51.